The molecule has 3 nitrogen and oxygen atoms in total. The van der Waals surface area contributed by atoms with Crippen LogP contribution in [0.2, 0.25) is 0 Å². The largest absolute Gasteiger partial charge is 0.367 e. The number of aromatic nitrogens is 1. The molecular weight excluding hydrogens is 265 g/mol. The van der Waals surface area contributed by atoms with Crippen LogP contribution in [0, 0.1) is 31.0 Å². The molecule has 1 aromatic heterocycles. The van der Waals surface area contributed by atoms with Crippen LogP contribution in [0.4, 0.5) is 10.1 Å². The molecule has 0 aliphatic carbocycles. The minimum absolute atomic E-state index is 0.181. The average molecular weight is 283 g/mol. The van der Waals surface area contributed by atoms with Gasteiger partial charge >= 0.3 is 0 Å². The number of hydrogen-bond acceptors (Lipinski definition) is 3. The van der Waals surface area contributed by atoms with Crippen LogP contribution in [0.15, 0.2) is 30.3 Å². The normalized spacial score (nSPS) is 11.8. The Kier molecular flexibility index (Phi) is 4.23. The molecule has 108 valence electrons. The molecule has 0 saturated heterocycles. The maximum Gasteiger partial charge on any atom is 0.128 e. The highest BCUT2D eigenvalue weighted by Crippen LogP contribution is 2.30. The fraction of sp³-hybridized carbons (Fsp3) is 0.294. The number of aryl methyl sites for hydroxylation is 2. The number of rotatable bonds is 3. The van der Waals surface area contributed by atoms with E-state index in [1.165, 1.54) is 6.07 Å². The monoisotopic (exact) mass is 283 g/mol. The van der Waals surface area contributed by atoms with Crippen LogP contribution in [0.1, 0.15) is 35.5 Å². The first kappa shape index (κ1) is 15.0. The van der Waals surface area contributed by atoms with Crippen molar-refractivity contribution in [2.75, 3.05) is 11.9 Å². The molecule has 0 radical (unpaired) electrons. The Morgan fingerprint density at radius 2 is 1.95 bits per heavy atom. The first-order valence-corrected chi connectivity index (χ1v) is 6.81. The van der Waals surface area contributed by atoms with Gasteiger partial charge < -0.3 is 4.90 Å². The molecule has 0 aliphatic heterocycles. The van der Waals surface area contributed by atoms with E-state index in [1.54, 1.807) is 12.1 Å². The van der Waals surface area contributed by atoms with Gasteiger partial charge in [-0.1, -0.05) is 18.2 Å². The van der Waals surface area contributed by atoms with Gasteiger partial charge in [0.05, 0.1) is 23.0 Å². The molecule has 0 N–H and O–H groups in total. The third kappa shape index (κ3) is 2.87. The minimum Gasteiger partial charge on any atom is -0.367 e. The molecule has 0 fully saturated rings. The second kappa shape index (κ2) is 5.92. The number of hydrogen-bond donors (Lipinski definition) is 0. The second-order valence-corrected chi connectivity index (χ2v) is 5.16. The standard InChI is InChI=1S/C17H18FN3/c1-11-9-17(15(10-19)12(2)20-11)21(4)13(3)14-7-5-6-8-16(14)18/h5-9,13H,1-4H3. The van der Waals surface area contributed by atoms with Crippen molar-refractivity contribution in [3.63, 3.8) is 0 Å². The highest BCUT2D eigenvalue weighted by molar-refractivity contribution is 5.62. The molecule has 2 rings (SSSR count). The summed E-state index contributed by atoms with van der Waals surface area (Å²) in [6.45, 7) is 5.63. The maximum absolute atomic E-state index is 14.0. The Morgan fingerprint density at radius 1 is 1.29 bits per heavy atom. The van der Waals surface area contributed by atoms with Crippen molar-refractivity contribution in [3.8, 4) is 6.07 Å². The van der Waals surface area contributed by atoms with Gasteiger partial charge in [-0.3, -0.25) is 4.98 Å². The number of pyridine rings is 1. The van der Waals surface area contributed by atoms with Gasteiger partial charge in [-0.25, -0.2) is 4.39 Å². The van der Waals surface area contributed by atoms with Crippen LogP contribution >= 0.6 is 0 Å². The predicted octanol–water partition coefficient (Wildman–Crippen LogP) is 3.91. The Morgan fingerprint density at radius 3 is 2.57 bits per heavy atom. The molecule has 21 heavy (non-hydrogen) atoms. The van der Waals surface area contributed by atoms with Crippen LogP contribution < -0.4 is 4.90 Å². The molecule has 2 aromatic rings. The van der Waals surface area contributed by atoms with Gasteiger partial charge in [0.15, 0.2) is 0 Å². The van der Waals surface area contributed by atoms with E-state index >= 15 is 0 Å². The van der Waals surface area contributed by atoms with Crippen molar-refractivity contribution in [2.45, 2.75) is 26.8 Å². The van der Waals surface area contributed by atoms with Crippen molar-refractivity contribution >= 4 is 5.69 Å². The minimum atomic E-state index is -0.238. The predicted molar refractivity (Wildman–Crippen MR) is 81.6 cm³/mol. The average Bonchev–Trinajstić information content (AvgIpc) is 2.45. The van der Waals surface area contributed by atoms with Gasteiger partial charge in [0, 0.05) is 18.3 Å². The molecule has 0 saturated carbocycles. The van der Waals surface area contributed by atoms with Crippen molar-refractivity contribution < 1.29 is 4.39 Å². The maximum atomic E-state index is 14.0. The Bertz CT molecular complexity index is 704. The summed E-state index contributed by atoms with van der Waals surface area (Å²) in [5.41, 5.74) is 3.45. The quantitative estimate of drug-likeness (QED) is 0.857. The molecule has 0 spiro atoms. The van der Waals surface area contributed by atoms with Crippen LogP contribution in [0.25, 0.3) is 0 Å². The van der Waals surface area contributed by atoms with E-state index in [0.717, 1.165) is 11.4 Å². The zero-order valence-corrected chi connectivity index (χ0v) is 12.7. The summed E-state index contributed by atoms with van der Waals surface area (Å²) >= 11 is 0. The lowest BCUT2D eigenvalue weighted by atomic mass is 10.0. The highest BCUT2D eigenvalue weighted by Gasteiger charge is 2.19. The molecule has 0 bridgehead atoms. The zero-order valence-electron chi connectivity index (χ0n) is 12.7. The molecule has 4 heteroatoms. The Balaban J connectivity index is 2.48. The summed E-state index contributed by atoms with van der Waals surface area (Å²) < 4.78 is 14.0. The third-order valence-electron chi connectivity index (χ3n) is 3.74. The van der Waals surface area contributed by atoms with Crippen LogP contribution in [0.5, 0.6) is 0 Å². The first-order valence-electron chi connectivity index (χ1n) is 6.81. The fourth-order valence-electron chi connectivity index (χ4n) is 2.46. The van der Waals surface area contributed by atoms with E-state index in [1.807, 2.05) is 44.9 Å². The van der Waals surface area contributed by atoms with Gasteiger partial charge in [-0.2, -0.15) is 5.26 Å². The smallest absolute Gasteiger partial charge is 0.128 e. The van der Waals surface area contributed by atoms with Crippen LogP contribution in [-0.2, 0) is 0 Å². The van der Waals surface area contributed by atoms with Gasteiger partial charge in [0.2, 0.25) is 0 Å². The summed E-state index contributed by atoms with van der Waals surface area (Å²) in [7, 11) is 1.87. The fourth-order valence-corrected chi connectivity index (χ4v) is 2.46. The highest BCUT2D eigenvalue weighted by atomic mass is 19.1. The topological polar surface area (TPSA) is 39.9 Å². The second-order valence-electron chi connectivity index (χ2n) is 5.16. The third-order valence-corrected chi connectivity index (χ3v) is 3.74. The van der Waals surface area contributed by atoms with Gasteiger partial charge in [-0.15, -0.1) is 0 Å². The van der Waals surface area contributed by atoms with Crippen LogP contribution in [0.3, 0.4) is 0 Å². The number of halogens is 1. The van der Waals surface area contributed by atoms with Crippen molar-refractivity contribution in [3.05, 3.63) is 58.7 Å². The van der Waals surface area contributed by atoms with E-state index < -0.39 is 0 Å². The summed E-state index contributed by atoms with van der Waals surface area (Å²) in [4.78, 5) is 6.23. The lowest BCUT2D eigenvalue weighted by Crippen LogP contribution is -2.24. The number of benzene rings is 1. The zero-order chi connectivity index (χ0) is 15.6. The summed E-state index contributed by atoms with van der Waals surface area (Å²) in [5.74, 6) is -0.238. The molecule has 1 heterocycles. The molecule has 0 amide bonds. The van der Waals surface area contributed by atoms with E-state index in [9.17, 15) is 9.65 Å². The van der Waals surface area contributed by atoms with E-state index in [2.05, 4.69) is 11.1 Å². The number of nitriles is 1. The summed E-state index contributed by atoms with van der Waals surface area (Å²) in [6.07, 6.45) is 0. The lowest BCUT2D eigenvalue weighted by molar-refractivity contribution is 0.585. The van der Waals surface area contributed by atoms with Gasteiger partial charge in [0.1, 0.15) is 11.9 Å². The van der Waals surface area contributed by atoms with Gasteiger partial charge in [0.25, 0.3) is 0 Å². The van der Waals surface area contributed by atoms with E-state index in [-0.39, 0.29) is 11.9 Å². The molecule has 1 aromatic carbocycles. The van der Waals surface area contributed by atoms with Gasteiger partial charge in [-0.05, 0) is 32.9 Å². The van der Waals surface area contributed by atoms with Crippen molar-refractivity contribution in [1.29, 1.82) is 5.26 Å². The van der Waals surface area contributed by atoms with Crippen molar-refractivity contribution in [1.82, 2.24) is 4.98 Å². The van der Waals surface area contributed by atoms with Crippen molar-refractivity contribution in [2.24, 2.45) is 0 Å². The molecule has 0 aliphatic rings. The Labute approximate surface area is 124 Å². The number of nitrogens with zero attached hydrogens (tertiary/aromatic N) is 3. The summed E-state index contributed by atoms with van der Waals surface area (Å²) in [6, 6.07) is 10.6. The van der Waals surface area contributed by atoms with E-state index in [4.69, 9.17) is 0 Å². The Hall–Kier alpha value is -2.41. The SMILES string of the molecule is Cc1cc(N(C)C(C)c2ccccc2F)c(C#N)c(C)n1. The first-order chi connectivity index (χ1) is 9.95. The van der Waals surface area contributed by atoms with E-state index in [0.29, 0.717) is 16.8 Å². The number of anilines is 1. The lowest BCUT2D eigenvalue weighted by Gasteiger charge is -2.29. The summed E-state index contributed by atoms with van der Waals surface area (Å²) in [5, 5.41) is 9.36. The van der Waals surface area contributed by atoms with Crippen LogP contribution in [-0.4, -0.2) is 12.0 Å². The molecule has 1 atom stereocenters. The molecule has 1 unspecified atom stereocenters. The molecular formula is C17H18FN3.